The van der Waals surface area contributed by atoms with Crippen molar-refractivity contribution in [1.29, 1.82) is 0 Å². The van der Waals surface area contributed by atoms with Crippen molar-refractivity contribution < 1.29 is 39.5 Å². The number of halogens is 9. The van der Waals surface area contributed by atoms with Gasteiger partial charge in [0, 0.05) is 74.9 Å². The first kappa shape index (κ1) is 39.0. The molecule has 262 valence electrons. The van der Waals surface area contributed by atoms with Crippen molar-refractivity contribution in [3.8, 4) is 0 Å². The van der Waals surface area contributed by atoms with Crippen molar-refractivity contribution in [2.24, 2.45) is 5.92 Å². The van der Waals surface area contributed by atoms with Gasteiger partial charge in [0.1, 0.15) is 0 Å². The summed E-state index contributed by atoms with van der Waals surface area (Å²) in [6.07, 6.45) is -11.0. The van der Waals surface area contributed by atoms with Gasteiger partial charge >= 0.3 is 18.5 Å². The van der Waals surface area contributed by atoms with E-state index in [9.17, 15) is 39.5 Å². The quantitative estimate of drug-likeness (QED) is 0.185. The Morgan fingerprint density at radius 3 is 1.38 bits per heavy atom. The predicted octanol–water partition coefficient (Wildman–Crippen LogP) is 8.62. The Hall–Kier alpha value is -4.17. The summed E-state index contributed by atoms with van der Waals surface area (Å²) in [4.78, 5) is 5.29. The summed E-state index contributed by atoms with van der Waals surface area (Å²) < 4.78 is 112. The molecule has 1 aliphatic rings. The van der Waals surface area contributed by atoms with E-state index < -0.39 is 35.2 Å². The van der Waals surface area contributed by atoms with Crippen molar-refractivity contribution in [3.63, 3.8) is 0 Å². The monoisotopic (exact) mass is 680 g/mol. The standard InChI is InChI=1S/C12H17F3N2.C11H13F3N2.C9H11F3N2/c1-8(2)7-17(3)11-5-9(12(13,14)15)4-10(16)6-11;12-11(13,14)8-5-9(15)7-10(6-8)16-3-1-2-4-16;1-14(2)8-4-6(9(10,11)12)3-7(13)5-8/h4-6,8H,7,16H2,1-3H3;5-7H,1-4,15H2;3-5H,13H2,1-2H3. The molecule has 1 saturated heterocycles. The molecule has 6 nitrogen and oxygen atoms in total. The summed E-state index contributed by atoms with van der Waals surface area (Å²) in [5.74, 6) is 0.371. The third kappa shape index (κ3) is 12.5. The number of nitrogens with two attached hydrogens (primary N) is 3. The van der Waals surface area contributed by atoms with E-state index in [1.807, 2.05) is 18.7 Å². The highest BCUT2D eigenvalue weighted by molar-refractivity contribution is 5.60. The molecule has 4 rings (SSSR count). The highest BCUT2D eigenvalue weighted by Crippen LogP contribution is 2.36. The number of alkyl halides is 9. The zero-order valence-electron chi connectivity index (χ0n) is 26.8. The van der Waals surface area contributed by atoms with Gasteiger partial charge in [0.25, 0.3) is 0 Å². The first-order valence-electron chi connectivity index (χ1n) is 14.5. The molecule has 0 amide bonds. The Bertz CT molecular complexity index is 1440. The lowest BCUT2D eigenvalue weighted by atomic mass is 10.1. The maximum atomic E-state index is 12.6. The van der Waals surface area contributed by atoms with Crippen LogP contribution in [0.4, 0.5) is 73.6 Å². The van der Waals surface area contributed by atoms with Crippen molar-refractivity contribution >= 4 is 34.1 Å². The van der Waals surface area contributed by atoms with Crippen LogP contribution in [0.5, 0.6) is 0 Å². The molecule has 0 atom stereocenters. The van der Waals surface area contributed by atoms with Crippen LogP contribution in [0.3, 0.4) is 0 Å². The van der Waals surface area contributed by atoms with Gasteiger partial charge in [-0.1, -0.05) is 13.8 Å². The first-order valence-corrected chi connectivity index (χ1v) is 14.5. The molecule has 3 aromatic carbocycles. The Labute approximate surface area is 268 Å². The van der Waals surface area contributed by atoms with Crippen LogP contribution >= 0.6 is 0 Å². The zero-order valence-corrected chi connectivity index (χ0v) is 26.8. The van der Waals surface area contributed by atoms with Crippen LogP contribution in [-0.4, -0.2) is 40.8 Å². The molecule has 0 unspecified atom stereocenters. The summed E-state index contributed by atoms with van der Waals surface area (Å²) >= 11 is 0. The van der Waals surface area contributed by atoms with E-state index in [-0.39, 0.29) is 17.1 Å². The smallest absolute Gasteiger partial charge is 0.399 e. The van der Waals surface area contributed by atoms with Crippen molar-refractivity contribution in [3.05, 3.63) is 71.3 Å². The predicted molar refractivity (Wildman–Crippen MR) is 171 cm³/mol. The second-order valence-electron chi connectivity index (χ2n) is 11.8. The largest absolute Gasteiger partial charge is 0.416 e. The van der Waals surface area contributed by atoms with Gasteiger partial charge in [-0.25, -0.2) is 0 Å². The zero-order chi connectivity index (χ0) is 35.9. The summed E-state index contributed by atoms with van der Waals surface area (Å²) in [5.41, 5.74) is 16.2. The van der Waals surface area contributed by atoms with Gasteiger partial charge in [-0.2, -0.15) is 39.5 Å². The lowest BCUT2D eigenvalue weighted by Crippen LogP contribution is -2.23. The second kappa shape index (κ2) is 15.6. The van der Waals surface area contributed by atoms with Crippen molar-refractivity contribution in [2.75, 3.05) is 72.7 Å². The SMILES string of the molecule is CC(C)CN(C)c1cc(N)cc(C(F)(F)F)c1.CN(C)c1cc(N)cc(C(F)(F)F)c1.Nc1cc(N2CCCC2)cc(C(F)(F)F)c1. The Morgan fingerprint density at radius 2 is 0.979 bits per heavy atom. The number of nitrogen functional groups attached to an aromatic ring is 3. The molecule has 1 aliphatic heterocycles. The van der Waals surface area contributed by atoms with Gasteiger partial charge in [0.15, 0.2) is 0 Å². The second-order valence-corrected chi connectivity index (χ2v) is 11.8. The minimum atomic E-state index is -4.36. The van der Waals surface area contributed by atoms with E-state index in [2.05, 4.69) is 0 Å². The fourth-order valence-corrected chi connectivity index (χ4v) is 4.68. The number of nitrogens with zero attached hydrogens (tertiary/aromatic N) is 3. The topological polar surface area (TPSA) is 87.8 Å². The number of benzene rings is 3. The molecule has 0 aliphatic carbocycles. The molecule has 0 aromatic heterocycles. The molecular formula is C32H41F9N6. The average Bonchev–Trinajstić information content (AvgIpc) is 3.46. The molecule has 1 fully saturated rings. The van der Waals surface area contributed by atoms with Crippen LogP contribution in [0, 0.1) is 5.92 Å². The molecule has 3 aromatic rings. The molecule has 0 saturated carbocycles. The van der Waals surface area contributed by atoms with Crippen LogP contribution in [0.15, 0.2) is 54.6 Å². The molecule has 1 heterocycles. The number of anilines is 6. The highest BCUT2D eigenvalue weighted by atomic mass is 19.4. The molecule has 47 heavy (non-hydrogen) atoms. The van der Waals surface area contributed by atoms with Gasteiger partial charge < -0.3 is 31.9 Å². The van der Waals surface area contributed by atoms with Crippen molar-refractivity contribution in [2.45, 2.75) is 45.2 Å². The molecule has 0 radical (unpaired) electrons. The minimum Gasteiger partial charge on any atom is -0.399 e. The summed E-state index contributed by atoms with van der Waals surface area (Å²) in [6, 6.07) is 10.9. The minimum absolute atomic E-state index is 0.114. The van der Waals surface area contributed by atoms with Gasteiger partial charge in [-0.05, 0) is 73.4 Å². The first-order chi connectivity index (χ1) is 21.5. The Morgan fingerprint density at radius 1 is 0.596 bits per heavy atom. The molecule has 15 heteroatoms. The molecule has 0 spiro atoms. The van der Waals surface area contributed by atoms with Crippen LogP contribution in [0.2, 0.25) is 0 Å². The molecule has 6 N–H and O–H groups in total. The number of rotatable bonds is 5. The van der Waals surface area contributed by atoms with E-state index >= 15 is 0 Å². The highest BCUT2D eigenvalue weighted by Gasteiger charge is 2.33. The van der Waals surface area contributed by atoms with Gasteiger partial charge in [-0.3, -0.25) is 0 Å². The van der Waals surface area contributed by atoms with Crippen LogP contribution in [0.25, 0.3) is 0 Å². The third-order valence-corrected chi connectivity index (χ3v) is 6.87. The molecular weight excluding hydrogens is 639 g/mol. The maximum absolute atomic E-state index is 12.6. The van der Waals surface area contributed by atoms with Crippen molar-refractivity contribution in [1.82, 2.24) is 0 Å². The van der Waals surface area contributed by atoms with Gasteiger partial charge in [-0.15, -0.1) is 0 Å². The van der Waals surface area contributed by atoms with E-state index in [0.29, 0.717) is 29.5 Å². The van der Waals surface area contributed by atoms with Crippen LogP contribution in [0.1, 0.15) is 43.4 Å². The van der Waals surface area contributed by atoms with E-state index in [1.165, 1.54) is 12.1 Å². The normalized spacial score (nSPS) is 13.5. The van der Waals surface area contributed by atoms with Gasteiger partial charge in [0.05, 0.1) is 16.7 Å². The third-order valence-electron chi connectivity index (χ3n) is 6.87. The number of hydrogen-bond acceptors (Lipinski definition) is 6. The summed E-state index contributed by atoms with van der Waals surface area (Å²) in [5, 5.41) is 0. The van der Waals surface area contributed by atoms with Crippen LogP contribution in [-0.2, 0) is 18.5 Å². The summed E-state index contributed by atoms with van der Waals surface area (Å²) in [7, 11) is 5.08. The molecule has 0 bridgehead atoms. The van der Waals surface area contributed by atoms with Gasteiger partial charge in [0.2, 0.25) is 0 Å². The van der Waals surface area contributed by atoms with E-state index in [4.69, 9.17) is 17.2 Å². The fourth-order valence-electron chi connectivity index (χ4n) is 4.68. The maximum Gasteiger partial charge on any atom is 0.416 e. The fraction of sp³-hybridized carbons (Fsp3) is 0.438. The summed E-state index contributed by atoms with van der Waals surface area (Å²) in [6.45, 7) is 6.31. The van der Waals surface area contributed by atoms with E-state index in [0.717, 1.165) is 56.3 Å². The Kier molecular flexibility index (Phi) is 13.0. The number of hydrogen-bond donors (Lipinski definition) is 3. The lowest BCUT2D eigenvalue weighted by Gasteiger charge is -2.23. The lowest BCUT2D eigenvalue weighted by molar-refractivity contribution is -0.138. The van der Waals surface area contributed by atoms with Crippen LogP contribution < -0.4 is 31.9 Å². The Balaban J connectivity index is 0.000000246. The van der Waals surface area contributed by atoms with E-state index in [1.54, 1.807) is 43.1 Å². The average molecular weight is 681 g/mol.